The van der Waals surface area contributed by atoms with Crippen molar-refractivity contribution < 1.29 is 4.79 Å². The lowest BCUT2D eigenvalue weighted by atomic mass is 10.0. The fourth-order valence-corrected chi connectivity index (χ4v) is 3.60. The topological polar surface area (TPSA) is 58.1 Å². The van der Waals surface area contributed by atoms with Gasteiger partial charge in [0, 0.05) is 30.5 Å². The second kappa shape index (κ2) is 8.90. The first-order valence-electron chi connectivity index (χ1n) is 9.43. The summed E-state index contributed by atoms with van der Waals surface area (Å²) >= 11 is 0. The number of amides is 1. The second-order valence-electron chi connectivity index (χ2n) is 7.21. The van der Waals surface area contributed by atoms with E-state index in [9.17, 15) is 4.79 Å². The molecule has 2 aromatic rings. The number of aromatic nitrogens is 2. The van der Waals surface area contributed by atoms with Crippen LogP contribution < -0.4 is 5.32 Å². The molecule has 0 bridgehead atoms. The van der Waals surface area contributed by atoms with Crippen molar-refractivity contribution in [1.29, 1.82) is 0 Å². The lowest BCUT2D eigenvalue weighted by molar-refractivity contribution is -0.133. The Hall–Kier alpha value is -2.27. The lowest BCUT2D eigenvalue weighted by Crippen LogP contribution is -2.41. The zero-order valence-corrected chi connectivity index (χ0v) is 15.7. The molecule has 138 valence electrons. The fourth-order valence-electron chi connectivity index (χ4n) is 3.60. The van der Waals surface area contributed by atoms with Crippen LogP contribution in [0.15, 0.2) is 36.9 Å². The molecule has 0 aliphatic carbocycles. The molecule has 1 atom stereocenters. The third-order valence-electron chi connectivity index (χ3n) is 5.12. The number of hydrogen-bond acceptors (Lipinski definition) is 4. The maximum Gasteiger partial charge on any atom is 0.227 e. The van der Waals surface area contributed by atoms with Gasteiger partial charge in [-0.15, -0.1) is 0 Å². The van der Waals surface area contributed by atoms with E-state index < -0.39 is 0 Å². The van der Waals surface area contributed by atoms with Crippen molar-refractivity contribution in [1.82, 2.24) is 20.2 Å². The molecule has 0 spiro atoms. The molecule has 1 saturated heterocycles. The van der Waals surface area contributed by atoms with Crippen LogP contribution in [-0.2, 0) is 17.8 Å². The third-order valence-corrected chi connectivity index (χ3v) is 5.12. The van der Waals surface area contributed by atoms with Crippen LogP contribution >= 0.6 is 0 Å². The fraction of sp³-hybridized carbons (Fsp3) is 0.476. The van der Waals surface area contributed by atoms with Gasteiger partial charge in [0.05, 0.1) is 6.42 Å². The predicted octanol–water partition coefficient (Wildman–Crippen LogP) is 2.81. The van der Waals surface area contributed by atoms with Gasteiger partial charge in [0.25, 0.3) is 0 Å². The Morgan fingerprint density at radius 1 is 1.19 bits per heavy atom. The molecule has 3 rings (SSSR count). The van der Waals surface area contributed by atoms with Crippen LogP contribution in [0.4, 0.5) is 0 Å². The molecule has 1 aliphatic heterocycles. The molecule has 0 saturated carbocycles. The normalized spacial score (nSPS) is 17.5. The van der Waals surface area contributed by atoms with Gasteiger partial charge in [-0.25, -0.2) is 9.97 Å². The lowest BCUT2D eigenvalue weighted by Gasteiger charge is -2.31. The zero-order valence-electron chi connectivity index (χ0n) is 15.7. The molecular formula is C21H28N4O. The highest BCUT2D eigenvalue weighted by Gasteiger charge is 2.25. The van der Waals surface area contributed by atoms with Gasteiger partial charge in [0.1, 0.15) is 6.33 Å². The summed E-state index contributed by atoms with van der Waals surface area (Å²) in [5.74, 6) is 0.189. The maximum atomic E-state index is 13.3. The minimum absolute atomic E-state index is 0.189. The van der Waals surface area contributed by atoms with Gasteiger partial charge in [0.2, 0.25) is 5.91 Å². The van der Waals surface area contributed by atoms with Crippen molar-refractivity contribution in [2.45, 2.75) is 52.1 Å². The van der Waals surface area contributed by atoms with Gasteiger partial charge in [-0.3, -0.25) is 4.79 Å². The Bertz CT molecular complexity index is 724. The van der Waals surface area contributed by atoms with Crippen LogP contribution in [0.5, 0.6) is 0 Å². The molecule has 0 radical (unpaired) electrons. The zero-order chi connectivity index (χ0) is 18.4. The highest BCUT2D eigenvalue weighted by molar-refractivity contribution is 5.79. The van der Waals surface area contributed by atoms with Gasteiger partial charge in [0.15, 0.2) is 0 Å². The van der Waals surface area contributed by atoms with E-state index in [0.717, 1.165) is 43.5 Å². The minimum Gasteiger partial charge on any atom is -0.335 e. The minimum atomic E-state index is 0.189. The number of hydrogen-bond donors (Lipinski definition) is 1. The van der Waals surface area contributed by atoms with E-state index in [1.165, 1.54) is 17.5 Å². The van der Waals surface area contributed by atoms with Crippen molar-refractivity contribution >= 4 is 5.91 Å². The predicted molar refractivity (Wildman–Crippen MR) is 103 cm³/mol. The molecule has 1 aromatic heterocycles. The highest BCUT2D eigenvalue weighted by Crippen LogP contribution is 2.20. The van der Waals surface area contributed by atoms with Crippen molar-refractivity contribution in [3.63, 3.8) is 0 Å². The number of rotatable bonds is 5. The van der Waals surface area contributed by atoms with E-state index in [4.69, 9.17) is 0 Å². The summed E-state index contributed by atoms with van der Waals surface area (Å²) in [6, 6.07) is 6.59. The summed E-state index contributed by atoms with van der Waals surface area (Å²) in [7, 11) is 0. The second-order valence-corrected chi connectivity index (χ2v) is 7.21. The summed E-state index contributed by atoms with van der Waals surface area (Å²) in [4.78, 5) is 23.5. The van der Waals surface area contributed by atoms with Gasteiger partial charge in [-0.05, 0) is 57.3 Å². The first-order chi connectivity index (χ1) is 12.6. The monoisotopic (exact) mass is 352 g/mol. The Morgan fingerprint density at radius 3 is 2.81 bits per heavy atom. The van der Waals surface area contributed by atoms with E-state index in [0.29, 0.717) is 13.0 Å². The number of nitrogens with zero attached hydrogens (tertiary/aromatic N) is 3. The molecule has 1 fully saturated rings. The van der Waals surface area contributed by atoms with Crippen LogP contribution in [-0.4, -0.2) is 39.9 Å². The summed E-state index contributed by atoms with van der Waals surface area (Å²) in [5.41, 5.74) is 4.48. The van der Waals surface area contributed by atoms with Crippen LogP contribution in [0.3, 0.4) is 0 Å². The summed E-state index contributed by atoms with van der Waals surface area (Å²) in [6.07, 6.45) is 8.72. The van der Waals surface area contributed by atoms with E-state index in [1.807, 2.05) is 4.90 Å². The maximum absolute atomic E-state index is 13.3. The number of carbonyl (C=O) groups is 1. The van der Waals surface area contributed by atoms with Gasteiger partial charge < -0.3 is 10.2 Å². The molecule has 0 unspecified atom stereocenters. The molecule has 5 nitrogen and oxygen atoms in total. The first kappa shape index (κ1) is 18.5. The van der Waals surface area contributed by atoms with E-state index in [2.05, 4.69) is 47.3 Å². The largest absolute Gasteiger partial charge is 0.335 e. The summed E-state index contributed by atoms with van der Waals surface area (Å²) < 4.78 is 0. The number of carbonyl (C=O) groups excluding carboxylic acids is 1. The number of benzene rings is 1. The highest BCUT2D eigenvalue weighted by atomic mass is 16.2. The smallest absolute Gasteiger partial charge is 0.227 e. The van der Waals surface area contributed by atoms with Gasteiger partial charge in [-0.2, -0.15) is 0 Å². The van der Waals surface area contributed by atoms with Gasteiger partial charge in [-0.1, -0.05) is 23.8 Å². The van der Waals surface area contributed by atoms with Crippen molar-refractivity contribution in [3.05, 3.63) is 59.2 Å². The van der Waals surface area contributed by atoms with Crippen LogP contribution in [0.1, 0.15) is 41.5 Å². The van der Waals surface area contributed by atoms with E-state index >= 15 is 0 Å². The summed E-state index contributed by atoms with van der Waals surface area (Å²) in [6.45, 7) is 6.72. The van der Waals surface area contributed by atoms with Crippen LogP contribution in [0.25, 0.3) is 0 Å². The SMILES string of the molecule is Cc1ccc(C)c(CC(=O)N(Cc2cncnc2)[C@H]2CCCNCC2)c1. The molecule has 5 heteroatoms. The third kappa shape index (κ3) is 4.88. The average molecular weight is 352 g/mol. The standard InChI is InChI=1S/C21H28N4O/c1-16-5-6-17(2)19(10-16)11-21(26)25(14-18-12-23-15-24-13-18)20-4-3-8-22-9-7-20/h5-6,10,12-13,15,20,22H,3-4,7-9,11,14H2,1-2H3/t20-/m0/s1. The summed E-state index contributed by atoms with van der Waals surface area (Å²) in [5, 5.41) is 3.44. The molecule has 26 heavy (non-hydrogen) atoms. The Labute approximate surface area is 155 Å². The van der Waals surface area contributed by atoms with Crippen molar-refractivity contribution in [2.24, 2.45) is 0 Å². The number of nitrogens with one attached hydrogen (secondary N) is 1. The Kier molecular flexibility index (Phi) is 6.34. The molecule has 1 N–H and O–H groups in total. The van der Waals surface area contributed by atoms with E-state index in [-0.39, 0.29) is 11.9 Å². The van der Waals surface area contributed by atoms with Gasteiger partial charge >= 0.3 is 0 Å². The Balaban J connectivity index is 1.81. The van der Waals surface area contributed by atoms with Crippen molar-refractivity contribution in [2.75, 3.05) is 13.1 Å². The van der Waals surface area contributed by atoms with Crippen molar-refractivity contribution in [3.8, 4) is 0 Å². The van der Waals surface area contributed by atoms with E-state index in [1.54, 1.807) is 12.4 Å². The molecule has 1 aromatic carbocycles. The molecular weight excluding hydrogens is 324 g/mol. The number of aryl methyl sites for hydroxylation is 2. The molecule has 2 heterocycles. The Morgan fingerprint density at radius 2 is 2.00 bits per heavy atom. The van der Waals surface area contributed by atoms with Crippen LogP contribution in [0.2, 0.25) is 0 Å². The molecule has 1 aliphatic rings. The quantitative estimate of drug-likeness (QED) is 0.899. The molecule has 1 amide bonds. The van der Waals surface area contributed by atoms with Crippen LogP contribution in [0, 0.1) is 13.8 Å². The first-order valence-corrected chi connectivity index (χ1v) is 9.43. The average Bonchev–Trinajstić information content (AvgIpc) is 2.93.